The summed E-state index contributed by atoms with van der Waals surface area (Å²) >= 11 is 0. The second kappa shape index (κ2) is 7.17. The minimum absolute atomic E-state index is 0.0610. The molecule has 0 saturated heterocycles. The van der Waals surface area contributed by atoms with Crippen LogP contribution in [-0.4, -0.2) is 27.7 Å². The van der Waals surface area contributed by atoms with Crippen molar-refractivity contribution in [3.05, 3.63) is 70.3 Å². The van der Waals surface area contributed by atoms with Gasteiger partial charge in [0.15, 0.2) is 0 Å². The van der Waals surface area contributed by atoms with Crippen LogP contribution < -0.4 is 5.56 Å². The summed E-state index contributed by atoms with van der Waals surface area (Å²) in [6, 6.07) is 10.5. The zero-order valence-electron chi connectivity index (χ0n) is 13.7. The third-order valence-corrected chi connectivity index (χ3v) is 4.04. The molecule has 3 rings (SSSR count). The molecule has 25 heavy (non-hydrogen) atoms. The molecule has 0 saturated carbocycles. The summed E-state index contributed by atoms with van der Waals surface area (Å²) in [4.78, 5) is 31.5. The zero-order valence-corrected chi connectivity index (χ0v) is 13.7. The lowest BCUT2D eigenvalue weighted by Crippen LogP contribution is -2.21. The molecule has 0 amide bonds. The van der Waals surface area contributed by atoms with Gasteiger partial charge in [-0.1, -0.05) is 18.2 Å². The number of ether oxygens (including phenoxy) is 1. The van der Waals surface area contributed by atoms with Crippen LogP contribution in [0.4, 0.5) is 0 Å². The van der Waals surface area contributed by atoms with Crippen molar-refractivity contribution >= 4 is 16.9 Å². The number of benzene rings is 1. The van der Waals surface area contributed by atoms with Crippen molar-refractivity contribution in [2.24, 2.45) is 0 Å². The van der Waals surface area contributed by atoms with Crippen LogP contribution in [0.1, 0.15) is 30.4 Å². The molecule has 2 aromatic heterocycles. The zero-order chi connectivity index (χ0) is 17.8. The van der Waals surface area contributed by atoms with Crippen molar-refractivity contribution in [3.63, 3.8) is 0 Å². The first-order valence-corrected chi connectivity index (χ1v) is 8.01. The van der Waals surface area contributed by atoms with Crippen molar-refractivity contribution in [2.75, 3.05) is 6.61 Å². The van der Waals surface area contributed by atoms with Crippen molar-refractivity contribution in [3.8, 4) is 5.75 Å². The highest BCUT2D eigenvalue weighted by molar-refractivity contribution is 5.86. The van der Waals surface area contributed by atoms with E-state index in [4.69, 9.17) is 4.74 Å². The maximum absolute atomic E-state index is 12.6. The highest BCUT2D eigenvalue weighted by atomic mass is 16.5. The molecular formula is C19H18N2O4. The number of para-hydroxylation sites is 1. The molecular weight excluding hydrogens is 320 g/mol. The number of aromatic hydroxyl groups is 1. The molecule has 6 nitrogen and oxygen atoms in total. The predicted octanol–water partition coefficient (Wildman–Crippen LogP) is 2.71. The average molecular weight is 338 g/mol. The van der Waals surface area contributed by atoms with Crippen molar-refractivity contribution in [1.29, 1.82) is 0 Å². The molecule has 1 aromatic carbocycles. The molecule has 0 fully saturated rings. The summed E-state index contributed by atoms with van der Waals surface area (Å²) in [7, 11) is 0. The van der Waals surface area contributed by atoms with Gasteiger partial charge in [-0.25, -0.2) is 0 Å². The molecule has 0 aliphatic heterocycles. The number of pyridine rings is 2. The van der Waals surface area contributed by atoms with Gasteiger partial charge in [0, 0.05) is 23.7 Å². The number of carbonyl (C=O) groups excluding carboxylic acids is 1. The lowest BCUT2D eigenvalue weighted by Gasteiger charge is -2.18. The molecule has 128 valence electrons. The molecule has 0 aliphatic carbocycles. The Morgan fingerprint density at radius 1 is 1.28 bits per heavy atom. The van der Waals surface area contributed by atoms with E-state index in [1.54, 1.807) is 55.7 Å². The van der Waals surface area contributed by atoms with Gasteiger partial charge in [-0.15, -0.1) is 0 Å². The second-order valence-corrected chi connectivity index (χ2v) is 5.61. The Morgan fingerprint density at radius 2 is 2.08 bits per heavy atom. The maximum atomic E-state index is 12.6. The van der Waals surface area contributed by atoms with E-state index in [0.717, 1.165) is 0 Å². The van der Waals surface area contributed by atoms with Crippen LogP contribution in [0.5, 0.6) is 5.75 Å². The van der Waals surface area contributed by atoms with Gasteiger partial charge < -0.3 is 14.8 Å². The first-order chi connectivity index (χ1) is 12.1. The van der Waals surface area contributed by atoms with E-state index in [-0.39, 0.29) is 24.3 Å². The molecule has 0 radical (unpaired) electrons. The molecule has 3 aromatic rings. The van der Waals surface area contributed by atoms with E-state index in [2.05, 4.69) is 9.97 Å². The standard InChI is InChI=1S/C19H18N2O4/c1-2-25-16(22)10-14(12-6-5-9-20-11-12)17-18(23)13-7-3-4-8-15(13)21-19(17)24/h3-9,11,14H,2,10H2,1H3,(H2,21,23,24)/t14-/m0/s1. The van der Waals surface area contributed by atoms with Crippen LogP contribution in [0.2, 0.25) is 0 Å². The summed E-state index contributed by atoms with van der Waals surface area (Å²) in [5.74, 6) is -1.22. The van der Waals surface area contributed by atoms with Gasteiger partial charge in [-0.05, 0) is 30.7 Å². The Labute approximate surface area is 144 Å². The number of aromatic amines is 1. The number of hydrogen-bond donors (Lipinski definition) is 2. The molecule has 1 atom stereocenters. The molecule has 6 heteroatoms. The Hall–Kier alpha value is -3.15. The second-order valence-electron chi connectivity index (χ2n) is 5.61. The normalized spacial score (nSPS) is 12.0. The van der Waals surface area contributed by atoms with Crippen LogP contribution in [-0.2, 0) is 9.53 Å². The first kappa shape index (κ1) is 16.7. The third-order valence-electron chi connectivity index (χ3n) is 4.04. The number of esters is 1. The minimum Gasteiger partial charge on any atom is -0.507 e. The Morgan fingerprint density at radius 3 is 2.80 bits per heavy atom. The van der Waals surface area contributed by atoms with Crippen molar-refractivity contribution in [2.45, 2.75) is 19.3 Å². The highest BCUT2D eigenvalue weighted by Crippen LogP contribution is 2.35. The number of hydrogen-bond acceptors (Lipinski definition) is 5. The molecule has 0 spiro atoms. The number of rotatable bonds is 5. The monoisotopic (exact) mass is 338 g/mol. The molecule has 0 aliphatic rings. The van der Waals surface area contributed by atoms with E-state index in [1.807, 2.05) is 0 Å². The minimum atomic E-state index is -0.652. The van der Waals surface area contributed by atoms with Gasteiger partial charge in [-0.2, -0.15) is 0 Å². The summed E-state index contributed by atoms with van der Waals surface area (Å²) < 4.78 is 5.03. The molecule has 2 heterocycles. The lowest BCUT2D eigenvalue weighted by molar-refractivity contribution is -0.143. The number of aromatic nitrogens is 2. The van der Waals surface area contributed by atoms with Crippen LogP contribution in [0.25, 0.3) is 10.9 Å². The van der Waals surface area contributed by atoms with Gasteiger partial charge in [0.2, 0.25) is 0 Å². The highest BCUT2D eigenvalue weighted by Gasteiger charge is 2.26. The fraction of sp³-hybridized carbons (Fsp3) is 0.211. The average Bonchev–Trinajstić information content (AvgIpc) is 2.62. The number of carbonyl (C=O) groups is 1. The van der Waals surface area contributed by atoms with E-state index < -0.39 is 17.4 Å². The fourth-order valence-corrected chi connectivity index (χ4v) is 2.92. The maximum Gasteiger partial charge on any atom is 0.306 e. The SMILES string of the molecule is CCOC(=O)C[C@@H](c1cccnc1)c1c(O)c2ccccc2[nH]c1=O. The number of nitrogens with one attached hydrogen (secondary N) is 1. The Kier molecular flexibility index (Phi) is 4.79. The summed E-state index contributed by atoms with van der Waals surface area (Å²) in [5.41, 5.74) is 0.899. The molecule has 0 bridgehead atoms. The van der Waals surface area contributed by atoms with Gasteiger partial charge in [0.1, 0.15) is 5.75 Å². The third kappa shape index (κ3) is 3.38. The fourth-order valence-electron chi connectivity index (χ4n) is 2.92. The van der Waals surface area contributed by atoms with Crippen LogP contribution in [0, 0.1) is 0 Å². The number of nitrogens with zero attached hydrogens (tertiary/aromatic N) is 1. The summed E-state index contributed by atoms with van der Waals surface area (Å²) in [5, 5.41) is 11.2. The number of H-pyrrole nitrogens is 1. The molecule has 0 unspecified atom stereocenters. The van der Waals surface area contributed by atoms with Gasteiger partial charge in [0.25, 0.3) is 5.56 Å². The van der Waals surface area contributed by atoms with Crippen LogP contribution in [0.15, 0.2) is 53.6 Å². The number of fused-ring (bicyclic) bond motifs is 1. The largest absolute Gasteiger partial charge is 0.507 e. The van der Waals surface area contributed by atoms with E-state index in [9.17, 15) is 14.7 Å². The predicted molar refractivity (Wildman–Crippen MR) is 93.6 cm³/mol. The van der Waals surface area contributed by atoms with Crippen molar-refractivity contribution < 1.29 is 14.6 Å². The summed E-state index contributed by atoms with van der Waals surface area (Å²) in [6.45, 7) is 1.97. The quantitative estimate of drug-likeness (QED) is 0.698. The Bertz CT molecular complexity index is 951. The Balaban J connectivity index is 2.17. The van der Waals surface area contributed by atoms with Gasteiger partial charge >= 0.3 is 5.97 Å². The lowest BCUT2D eigenvalue weighted by atomic mass is 9.89. The smallest absolute Gasteiger partial charge is 0.306 e. The van der Waals surface area contributed by atoms with Gasteiger partial charge in [0.05, 0.1) is 24.1 Å². The van der Waals surface area contributed by atoms with Crippen LogP contribution in [0.3, 0.4) is 0 Å². The summed E-state index contributed by atoms with van der Waals surface area (Å²) in [6.07, 6.45) is 3.13. The van der Waals surface area contributed by atoms with E-state index >= 15 is 0 Å². The first-order valence-electron chi connectivity index (χ1n) is 8.01. The topological polar surface area (TPSA) is 92.3 Å². The van der Waals surface area contributed by atoms with E-state index in [1.165, 1.54) is 0 Å². The van der Waals surface area contributed by atoms with Crippen LogP contribution >= 0.6 is 0 Å². The van der Waals surface area contributed by atoms with Crippen molar-refractivity contribution in [1.82, 2.24) is 9.97 Å². The van der Waals surface area contributed by atoms with Gasteiger partial charge in [-0.3, -0.25) is 14.6 Å². The van der Waals surface area contributed by atoms with E-state index in [0.29, 0.717) is 16.5 Å². The molecule has 2 N–H and O–H groups in total.